The molecule has 0 aliphatic rings. The minimum absolute atomic E-state index is 0.0714. The Labute approximate surface area is 452 Å². The molecule has 2 atom stereocenters. The highest BCUT2D eigenvalue weighted by molar-refractivity contribution is 5.76. The third-order valence-corrected chi connectivity index (χ3v) is 15.3. The molecule has 2 unspecified atom stereocenters. The molecular weight excluding hydrogens is 879 g/mol. The zero-order chi connectivity index (χ0) is 52.0. The van der Waals surface area contributed by atoms with Gasteiger partial charge in [0.05, 0.1) is 18.8 Å². The molecule has 3 N–H and O–H groups in total. The van der Waals surface area contributed by atoms with Gasteiger partial charge in [0.25, 0.3) is 0 Å². The van der Waals surface area contributed by atoms with Crippen molar-refractivity contribution >= 4 is 5.91 Å². The van der Waals surface area contributed by atoms with Gasteiger partial charge in [0, 0.05) is 6.42 Å². The number of allylic oxidation sites excluding steroid dienone is 7. The third-order valence-electron chi connectivity index (χ3n) is 15.3. The van der Waals surface area contributed by atoms with Gasteiger partial charge in [-0.25, -0.2) is 0 Å². The molecule has 0 rings (SSSR count). The van der Waals surface area contributed by atoms with Crippen molar-refractivity contribution in [2.45, 2.75) is 373 Å². The van der Waals surface area contributed by atoms with Gasteiger partial charge in [-0.15, -0.1) is 0 Å². The monoisotopic (exact) mass is 1010 g/mol. The van der Waals surface area contributed by atoms with E-state index < -0.39 is 12.1 Å². The lowest BCUT2D eigenvalue weighted by atomic mass is 10.0. The molecule has 0 bridgehead atoms. The summed E-state index contributed by atoms with van der Waals surface area (Å²) in [5.74, 6) is -0.0714. The number of hydrogen-bond acceptors (Lipinski definition) is 3. The fourth-order valence-electron chi connectivity index (χ4n) is 10.3. The molecule has 72 heavy (non-hydrogen) atoms. The van der Waals surface area contributed by atoms with Crippen molar-refractivity contribution in [2.24, 2.45) is 0 Å². The van der Waals surface area contributed by atoms with Crippen LogP contribution >= 0.6 is 0 Å². The number of hydrogen-bond donors (Lipinski definition) is 3. The van der Waals surface area contributed by atoms with E-state index in [4.69, 9.17) is 0 Å². The van der Waals surface area contributed by atoms with Gasteiger partial charge in [-0.2, -0.15) is 0 Å². The van der Waals surface area contributed by atoms with Crippen LogP contribution in [0.3, 0.4) is 0 Å². The summed E-state index contributed by atoms with van der Waals surface area (Å²) in [6.07, 6.45) is 89.0. The minimum atomic E-state index is -0.871. The van der Waals surface area contributed by atoms with Crippen LogP contribution in [0.1, 0.15) is 361 Å². The number of carbonyl (C=O) groups is 1. The summed E-state index contributed by atoms with van der Waals surface area (Å²) in [4.78, 5) is 12.5. The first-order valence-corrected chi connectivity index (χ1v) is 32.9. The second-order valence-corrected chi connectivity index (χ2v) is 22.5. The van der Waals surface area contributed by atoms with Crippen LogP contribution in [0.2, 0.25) is 0 Å². The topological polar surface area (TPSA) is 69.6 Å². The fourth-order valence-corrected chi connectivity index (χ4v) is 10.3. The Kier molecular flexibility index (Phi) is 62.2. The Hall–Kier alpha value is -1.65. The second-order valence-electron chi connectivity index (χ2n) is 22.5. The van der Waals surface area contributed by atoms with Gasteiger partial charge in [0.1, 0.15) is 0 Å². The largest absolute Gasteiger partial charge is 0.394 e. The van der Waals surface area contributed by atoms with E-state index in [1.807, 2.05) is 6.08 Å². The van der Waals surface area contributed by atoms with E-state index in [1.54, 1.807) is 6.08 Å². The smallest absolute Gasteiger partial charge is 0.220 e. The van der Waals surface area contributed by atoms with Gasteiger partial charge < -0.3 is 15.5 Å². The SMILES string of the molecule is CCCCCCCCCC/C=C\CCCCCCCCCCCCCCCCCCCCCCCCCC(=O)NC(CO)C(O)/C=C/CC/C=C/CC/C=C/CCCCCCCCCCCCCCCCC. The number of unbranched alkanes of at least 4 members (excludes halogenated alkanes) is 48. The van der Waals surface area contributed by atoms with Crippen LogP contribution in [0.15, 0.2) is 48.6 Å². The molecular formula is C68H129NO3. The van der Waals surface area contributed by atoms with Gasteiger partial charge in [-0.3, -0.25) is 4.79 Å². The summed E-state index contributed by atoms with van der Waals surface area (Å²) < 4.78 is 0. The predicted molar refractivity (Wildman–Crippen MR) is 322 cm³/mol. The normalized spacial score (nSPS) is 13.0. The number of amides is 1. The molecule has 1 amide bonds. The summed E-state index contributed by atoms with van der Waals surface area (Å²) >= 11 is 0. The van der Waals surface area contributed by atoms with Crippen LogP contribution in [-0.4, -0.2) is 34.9 Å². The van der Waals surface area contributed by atoms with Crippen molar-refractivity contribution in [3.05, 3.63) is 48.6 Å². The Morgan fingerprint density at radius 1 is 0.319 bits per heavy atom. The summed E-state index contributed by atoms with van der Waals surface area (Å²) in [7, 11) is 0. The first kappa shape index (κ1) is 70.3. The molecule has 4 heteroatoms. The average Bonchev–Trinajstić information content (AvgIpc) is 3.39. The van der Waals surface area contributed by atoms with E-state index in [2.05, 4.69) is 55.6 Å². The molecule has 424 valence electrons. The van der Waals surface area contributed by atoms with Crippen LogP contribution in [0.25, 0.3) is 0 Å². The standard InChI is InChI=1S/C68H129NO3/c1-3-5-7-9-11-13-15-17-19-21-23-25-27-29-30-31-32-33-34-35-36-37-38-40-42-44-46-48-50-52-54-56-58-60-62-64-68(72)69-66(65-70)67(71)63-61-59-57-55-53-51-49-47-45-43-41-39-28-26-24-22-20-18-16-14-12-10-8-6-4-2/h21,23,45,47,53,55,61,63,66-67,70-71H,3-20,22,24-44,46,48-52,54,56-60,62,64-65H2,1-2H3,(H,69,72)/b23-21-,47-45+,55-53+,63-61+. The maximum atomic E-state index is 12.5. The molecule has 0 aliphatic carbocycles. The molecule has 4 nitrogen and oxygen atoms in total. The van der Waals surface area contributed by atoms with Crippen LogP contribution in [0.5, 0.6) is 0 Å². The Morgan fingerprint density at radius 2 is 0.542 bits per heavy atom. The van der Waals surface area contributed by atoms with Crippen molar-refractivity contribution < 1.29 is 15.0 Å². The van der Waals surface area contributed by atoms with Crippen LogP contribution in [-0.2, 0) is 4.79 Å². The number of aliphatic hydroxyl groups excluding tert-OH is 2. The van der Waals surface area contributed by atoms with E-state index in [9.17, 15) is 15.0 Å². The molecule has 0 saturated heterocycles. The number of rotatable bonds is 61. The highest BCUT2D eigenvalue weighted by Crippen LogP contribution is 2.18. The highest BCUT2D eigenvalue weighted by atomic mass is 16.3. The summed E-state index contributed by atoms with van der Waals surface area (Å²) in [5.41, 5.74) is 0. The third kappa shape index (κ3) is 59.2. The maximum Gasteiger partial charge on any atom is 0.220 e. The van der Waals surface area contributed by atoms with Crippen molar-refractivity contribution in [1.29, 1.82) is 0 Å². The van der Waals surface area contributed by atoms with Crippen LogP contribution < -0.4 is 5.32 Å². The van der Waals surface area contributed by atoms with Gasteiger partial charge in [-0.05, 0) is 70.6 Å². The zero-order valence-electron chi connectivity index (χ0n) is 49.0. The minimum Gasteiger partial charge on any atom is -0.394 e. The van der Waals surface area contributed by atoms with Crippen molar-refractivity contribution in [1.82, 2.24) is 5.32 Å². The first-order chi connectivity index (χ1) is 35.7. The van der Waals surface area contributed by atoms with Crippen molar-refractivity contribution in [2.75, 3.05) is 6.61 Å². The molecule has 0 aromatic heterocycles. The second kappa shape index (κ2) is 63.6. The summed E-state index contributed by atoms with van der Waals surface area (Å²) in [5, 5.41) is 23.2. The molecule has 0 aromatic rings. The maximum absolute atomic E-state index is 12.5. The summed E-state index contributed by atoms with van der Waals surface area (Å²) in [6, 6.07) is -0.646. The molecule has 0 spiro atoms. The molecule has 0 fully saturated rings. The van der Waals surface area contributed by atoms with Crippen molar-refractivity contribution in [3.8, 4) is 0 Å². The summed E-state index contributed by atoms with van der Waals surface area (Å²) in [6.45, 7) is 4.33. The number of aliphatic hydroxyl groups is 2. The molecule has 0 heterocycles. The van der Waals surface area contributed by atoms with Gasteiger partial charge in [0.15, 0.2) is 0 Å². The van der Waals surface area contributed by atoms with E-state index in [1.165, 1.54) is 302 Å². The van der Waals surface area contributed by atoms with Gasteiger partial charge >= 0.3 is 0 Å². The Morgan fingerprint density at radius 3 is 0.806 bits per heavy atom. The predicted octanol–water partition coefficient (Wildman–Crippen LogP) is 22.2. The first-order valence-electron chi connectivity index (χ1n) is 32.9. The molecule has 0 radical (unpaired) electrons. The van der Waals surface area contributed by atoms with E-state index in [0.717, 1.165) is 38.5 Å². The lowest BCUT2D eigenvalue weighted by Crippen LogP contribution is -2.45. The lowest BCUT2D eigenvalue weighted by Gasteiger charge is -2.19. The molecule has 0 saturated carbocycles. The molecule has 0 aliphatic heterocycles. The highest BCUT2D eigenvalue weighted by Gasteiger charge is 2.18. The zero-order valence-corrected chi connectivity index (χ0v) is 49.0. The Balaban J connectivity index is 3.47. The van der Waals surface area contributed by atoms with E-state index >= 15 is 0 Å². The Bertz CT molecular complexity index is 1140. The quantitative estimate of drug-likeness (QED) is 0.0420. The van der Waals surface area contributed by atoms with E-state index in [-0.39, 0.29) is 12.5 Å². The van der Waals surface area contributed by atoms with Crippen molar-refractivity contribution in [3.63, 3.8) is 0 Å². The molecule has 0 aromatic carbocycles. The van der Waals surface area contributed by atoms with E-state index in [0.29, 0.717) is 6.42 Å². The fraction of sp³-hybridized carbons (Fsp3) is 0.868. The number of carbonyl (C=O) groups excluding carboxylic acids is 1. The average molecular weight is 1010 g/mol. The van der Waals surface area contributed by atoms with Crippen LogP contribution in [0, 0.1) is 0 Å². The van der Waals surface area contributed by atoms with Crippen LogP contribution in [0.4, 0.5) is 0 Å². The number of nitrogens with one attached hydrogen (secondary N) is 1. The lowest BCUT2D eigenvalue weighted by molar-refractivity contribution is -0.123. The van der Waals surface area contributed by atoms with Gasteiger partial charge in [0.2, 0.25) is 5.91 Å². The van der Waals surface area contributed by atoms with Gasteiger partial charge in [-0.1, -0.05) is 332 Å².